The average molecular weight is 482 g/mol. The summed E-state index contributed by atoms with van der Waals surface area (Å²) in [4.78, 5) is 12.1. The Morgan fingerprint density at radius 1 is 1.14 bits per heavy atom. The van der Waals surface area contributed by atoms with Crippen LogP contribution >= 0.6 is 27.5 Å². The van der Waals surface area contributed by atoms with Crippen LogP contribution in [0.1, 0.15) is 55.5 Å². The standard InChI is InChI=1S/C22H26BrClN2O3/c1-3-5-6-7-12-29-21-19(24)13-16(14-20(21)28-4-2)15-25-26-22(27)17-8-10-18(23)11-9-17/h8-11,13-15H,3-7,12H2,1-2H3,(H,26,27)/b25-15+. The number of amides is 1. The van der Waals surface area contributed by atoms with Crippen LogP contribution in [0.3, 0.4) is 0 Å². The summed E-state index contributed by atoms with van der Waals surface area (Å²) in [5.74, 6) is 0.814. The van der Waals surface area contributed by atoms with E-state index in [0.717, 1.165) is 17.3 Å². The van der Waals surface area contributed by atoms with Gasteiger partial charge in [-0.3, -0.25) is 4.79 Å². The lowest BCUT2D eigenvalue weighted by Gasteiger charge is -2.14. The van der Waals surface area contributed by atoms with Gasteiger partial charge in [-0.15, -0.1) is 0 Å². The number of carbonyl (C=O) groups is 1. The second kappa shape index (κ2) is 12.5. The summed E-state index contributed by atoms with van der Waals surface area (Å²) in [6, 6.07) is 10.6. The van der Waals surface area contributed by atoms with Crippen LogP contribution in [0.5, 0.6) is 11.5 Å². The van der Waals surface area contributed by atoms with Gasteiger partial charge in [0.05, 0.1) is 24.5 Å². The summed E-state index contributed by atoms with van der Waals surface area (Å²) in [7, 11) is 0. The van der Waals surface area contributed by atoms with E-state index in [2.05, 4.69) is 33.4 Å². The predicted octanol–water partition coefficient (Wildman–Crippen LogP) is 6.22. The number of halogens is 2. The van der Waals surface area contributed by atoms with E-state index in [1.165, 1.54) is 19.1 Å². The molecule has 0 saturated heterocycles. The number of hydrogen-bond donors (Lipinski definition) is 1. The highest BCUT2D eigenvalue weighted by Gasteiger charge is 2.12. The first kappa shape index (κ1) is 23.2. The van der Waals surface area contributed by atoms with Crippen molar-refractivity contribution in [3.63, 3.8) is 0 Å². The van der Waals surface area contributed by atoms with Gasteiger partial charge >= 0.3 is 0 Å². The Hall–Kier alpha value is -2.05. The lowest BCUT2D eigenvalue weighted by Crippen LogP contribution is -2.17. The number of nitrogens with one attached hydrogen (secondary N) is 1. The minimum atomic E-state index is -0.295. The fourth-order valence-corrected chi connectivity index (χ4v) is 3.14. The molecule has 2 aromatic rings. The van der Waals surface area contributed by atoms with Gasteiger partial charge in [-0.25, -0.2) is 5.43 Å². The maximum atomic E-state index is 12.1. The van der Waals surface area contributed by atoms with Gasteiger partial charge in [0.15, 0.2) is 11.5 Å². The first-order valence-electron chi connectivity index (χ1n) is 9.73. The van der Waals surface area contributed by atoms with Gasteiger partial charge in [0.1, 0.15) is 0 Å². The molecule has 0 unspecified atom stereocenters. The van der Waals surface area contributed by atoms with Gasteiger partial charge in [0.2, 0.25) is 0 Å². The zero-order valence-electron chi connectivity index (χ0n) is 16.7. The molecule has 0 bridgehead atoms. The molecule has 0 aliphatic carbocycles. The third-order valence-electron chi connectivity index (χ3n) is 4.06. The van der Waals surface area contributed by atoms with E-state index in [1.807, 2.05) is 6.92 Å². The zero-order valence-corrected chi connectivity index (χ0v) is 19.1. The van der Waals surface area contributed by atoms with Crippen molar-refractivity contribution >= 4 is 39.7 Å². The van der Waals surface area contributed by atoms with Crippen LogP contribution in [0.15, 0.2) is 46.0 Å². The van der Waals surface area contributed by atoms with Crippen molar-refractivity contribution in [3.05, 3.63) is 57.0 Å². The molecular weight excluding hydrogens is 456 g/mol. The number of benzene rings is 2. The minimum Gasteiger partial charge on any atom is -0.490 e. The number of nitrogens with zero attached hydrogens (tertiary/aromatic N) is 1. The Morgan fingerprint density at radius 3 is 2.59 bits per heavy atom. The molecule has 5 nitrogen and oxygen atoms in total. The van der Waals surface area contributed by atoms with E-state index >= 15 is 0 Å². The molecule has 0 saturated carbocycles. The Bertz CT molecular complexity index is 826. The molecule has 0 aliphatic heterocycles. The van der Waals surface area contributed by atoms with Crippen LogP contribution in [0.25, 0.3) is 0 Å². The normalized spacial score (nSPS) is 10.9. The van der Waals surface area contributed by atoms with Gasteiger partial charge in [-0.2, -0.15) is 5.10 Å². The molecule has 2 aromatic carbocycles. The average Bonchev–Trinajstić information content (AvgIpc) is 2.70. The van der Waals surface area contributed by atoms with E-state index < -0.39 is 0 Å². The highest BCUT2D eigenvalue weighted by molar-refractivity contribution is 9.10. The van der Waals surface area contributed by atoms with Crippen molar-refractivity contribution in [3.8, 4) is 11.5 Å². The maximum absolute atomic E-state index is 12.1. The van der Waals surface area contributed by atoms with E-state index in [0.29, 0.717) is 40.9 Å². The van der Waals surface area contributed by atoms with E-state index in [1.54, 1.807) is 36.4 Å². The number of rotatable bonds is 11. The number of carbonyl (C=O) groups excluding carboxylic acids is 1. The van der Waals surface area contributed by atoms with Gasteiger partial charge in [0.25, 0.3) is 5.91 Å². The molecule has 0 radical (unpaired) electrons. The summed E-state index contributed by atoms with van der Waals surface area (Å²) in [5, 5.41) is 4.47. The number of ether oxygens (including phenoxy) is 2. The third-order valence-corrected chi connectivity index (χ3v) is 4.87. The highest BCUT2D eigenvalue weighted by atomic mass is 79.9. The monoisotopic (exact) mass is 480 g/mol. The second-order valence-corrected chi connectivity index (χ2v) is 7.70. The molecular formula is C22H26BrClN2O3. The number of hydrogen-bond acceptors (Lipinski definition) is 4. The van der Waals surface area contributed by atoms with Crippen LogP contribution < -0.4 is 14.9 Å². The van der Waals surface area contributed by atoms with Gasteiger partial charge in [-0.1, -0.05) is 53.7 Å². The van der Waals surface area contributed by atoms with Crippen LogP contribution in [-0.4, -0.2) is 25.3 Å². The van der Waals surface area contributed by atoms with Crippen LogP contribution in [-0.2, 0) is 0 Å². The molecule has 29 heavy (non-hydrogen) atoms. The van der Waals surface area contributed by atoms with Gasteiger partial charge < -0.3 is 9.47 Å². The molecule has 2 rings (SSSR count). The SMILES string of the molecule is CCCCCCOc1c(Cl)cc(/C=N/NC(=O)c2ccc(Br)cc2)cc1OCC. The van der Waals surface area contributed by atoms with Crippen molar-refractivity contribution in [1.29, 1.82) is 0 Å². The first-order valence-corrected chi connectivity index (χ1v) is 10.9. The topological polar surface area (TPSA) is 59.9 Å². The summed E-state index contributed by atoms with van der Waals surface area (Å²) in [6.07, 6.45) is 5.99. The minimum absolute atomic E-state index is 0.295. The van der Waals surface area contributed by atoms with Crippen molar-refractivity contribution in [2.45, 2.75) is 39.5 Å². The fourth-order valence-electron chi connectivity index (χ4n) is 2.60. The maximum Gasteiger partial charge on any atom is 0.271 e. The van der Waals surface area contributed by atoms with Crippen molar-refractivity contribution in [1.82, 2.24) is 5.43 Å². The Balaban J connectivity index is 2.03. The summed E-state index contributed by atoms with van der Waals surface area (Å²) >= 11 is 9.74. The Labute approximate surface area is 185 Å². The molecule has 0 aromatic heterocycles. The van der Waals surface area contributed by atoms with E-state index in [9.17, 15) is 4.79 Å². The largest absolute Gasteiger partial charge is 0.490 e. The summed E-state index contributed by atoms with van der Waals surface area (Å²) < 4.78 is 12.4. The van der Waals surface area contributed by atoms with Crippen molar-refractivity contribution in [2.75, 3.05) is 13.2 Å². The molecule has 1 N–H and O–H groups in total. The quantitative estimate of drug-likeness (QED) is 0.235. The van der Waals surface area contributed by atoms with Gasteiger partial charge in [0, 0.05) is 10.0 Å². The molecule has 0 spiro atoms. The highest BCUT2D eigenvalue weighted by Crippen LogP contribution is 2.36. The van der Waals surface area contributed by atoms with Crippen molar-refractivity contribution in [2.24, 2.45) is 5.10 Å². The molecule has 1 amide bonds. The van der Waals surface area contributed by atoms with Crippen LogP contribution in [0, 0.1) is 0 Å². The first-order chi connectivity index (χ1) is 14.0. The zero-order chi connectivity index (χ0) is 21.1. The van der Waals surface area contributed by atoms with Crippen molar-refractivity contribution < 1.29 is 14.3 Å². The van der Waals surface area contributed by atoms with Crippen LogP contribution in [0.4, 0.5) is 0 Å². The van der Waals surface area contributed by atoms with Crippen LogP contribution in [0.2, 0.25) is 5.02 Å². The molecule has 0 atom stereocenters. The Kier molecular flexibility index (Phi) is 10.0. The number of unbranched alkanes of at least 4 members (excludes halogenated alkanes) is 3. The van der Waals surface area contributed by atoms with Gasteiger partial charge in [-0.05, 0) is 55.3 Å². The van der Waals surface area contributed by atoms with E-state index in [-0.39, 0.29) is 5.91 Å². The number of hydrazone groups is 1. The molecule has 7 heteroatoms. The lowest BCUT2D eigenvalue weighted by molar-refractivity contribution is 0.0955. The lowest BCUT2D eigenvalue weighted by atomic mass is 10.2. The second-order valence-electron chi connectivity index (χ2n) is 6.38. The molecule has 0 heterocycles. The third kappa shape index (κ3) is 7.71. The molecule has 0 aliphatic rings. The summed E-state index contributed by atoms with van der Waals surface area (Å²) in [6.45, 7) is 5.16. The van der Waals surface area contributed by atoms with E-state index in [4.69, 9.17) is 21.1 Å². The molecule has 0 fully saturated rings. The molecule has 156 valence electrons. The fraction of sp³-hybridized carbons (Fsp3) is 0.364. The summed E-state index contributed by atoms with van der Waals surface area (Å²) in [5.41, 5.74) is 3.73. The predicted molar refractivity (Wildman–Crippen MR) is 121 cm³/mol. The Morgan fingerprint density at radius 2 is 1.90 bits per heavy atom. The smallest absolute Gasteiger partial charge is 0.271 e.